The fraction of sp³-hybridized carbons (Fsp3) is 0.633. The van der Waals surface area contributed by atoms with E-state index in [2.05, 4.69) is 63.8 Å². The van der Waals surface area contributed by atoms with Gasteiger partial charge in [0.15, 0.2) is 6.67 Å². The highest BCUT2D eigenvalue weighted by Crippen LogP contribution is 2.21. The van der Waals surface area contributed by atoms with E-state index in [1.807, 2.05) is 41.7 Å². The standard InChI is InChI=1S/C60H96N14O11S5/c1-17-30(7)44-55(84)62-32(9)50(79)67-42(28(3)4)54(83)71-47(48(77)40-26-73(15)27-74(40)16)53(82)61-23-24-90-37(14)46(56(85)69-44)70-51(80)34(11)63-57(86)35(12)65-58(87)39(25-38-21-19-20-22-41(38)76)66-49(78)33(10)64-60(89)45(31(8)18-2)72-59(88)43(29(5)6)68-52(81)36(13)75/h19-24,26,28-37,39,42-48,75-77H,17-18,25,27H2,1-16H3,(H,61,82)(H,62,84)(H,63,86)(H,64,89)(H,65,87)(H,66,78)(H,67,79)(H,68,81)(H,69,85)(H,70,80)(H,71,83)(H,72,88)/p+1. The Labute approximate surface area is 555 Å². The van der Waals surface area contributed by atoms with Gasteiger partial charge in [0.25, 0.3) is 0 Å². The summed E-state index contributed by atoms with van der Waals surface area (Å²) in [5.74, 6) is -6.77. The minimum absolute atomic E-state index is 0.0360. The van der Waals surface area contributed by atoms with Gasteiger partial charge in [-0.15, -0.1) is 11.8 Å². The molecular formula is C60H97N14O11S5+. The molecule has 30 heteroatoms. The Kier molecular flexibility index (Phi) is 31.9. The molecule has 0 saturated carbocycles. The van der Waals surface area contributed by atoms with Crippen LogP contribution in [0.2, 0.25) is 0 Å². The highest BCUT2D eigenvalue weighted by molar-refractivity contribution is 8.02. The van der Waals surface area contributed by atoms with E-state index in [9.17, 15) is 53.7 Å². The molecule has 0 fully saturated rings. The number of hydrogen-bond donors (Lipinski definition) is 16. The van der Waals surface area contributed by atoms with Gasteiger partial charge in [-0.2, -0.15) is 0 Å². The lowest BCUT2D eigenvalue weighted by Crippen LogP contribution is -3.03. The first-order valence-corrected chi connectivity index (χ1v) is 33.0. The van der Waals surface area contributed by atoms with E-state index in [1.165, 1.54) is 38.4 Å². The lowest BCUT2D eigenvalue weighted by atomic mass is 9.97. The number of carbonyl (C=O) groups excluding carboxylic acids is 8. The smallest absolute Gasteiger partial charge is 0.249 e. The number of phenols is 1. The maximum Gasteiger partial charge on any atom is 0.249 e. The first kappa shape index (κ1) is 78.1. The number of aliphatic hydroxyl groups excluding tert-OH is 2. The largest absolute Gasteiger partial charge is 0.508 e. The van der Waals surface area contributed by atoms with Crippen molar-refractivity contribution in [1.29, 1.82) is 0 Å². The molecule has 1 aromatic rings. The van der Waals surface area contributed by atoms with Crippen LogP contribution in [0.4, 0.5) is 0 Å². The van der Waals surface area contributed by atoms with Gasteiger partial charge < -0.3 is 84.0 Å². The van der Waals surface area contributed by atoms with E-state index < -0.39 is 143 Å². The second kappa shape index (κ2) is 36.8. The molecule has 17 unspecified atom stereocenters. The molecule has 3 rings (SSSR count). The van der Waals surface area contributed by atoms with Crippen molar-refractivity contribution in [2.45, 2.75) is 200 Å². The summed E-state index contributed by atoms with van der Waals surface area (Å²) in [6, 6.07) is -4.87. The molecule has 0 saturated heterocycles. The molecule has 25 nitrogen and oxygen atoms in total. The van der Waals surface area contributed by atoms with Crippen LogP contribution < -0.4 is 68.7 Å². The predicted octanol–water partition coefficient (Wildman–Crippen LogP) is -0.322. The summed E-state index contributed by atoms with van der Waals surface area (Å²) in [4.78, 5) is 115. The molecule has 8 amide bonds. The number of quaternary nitrogens is 1. The molecule has 16 N–H and O–H groups in total. The minimum atomic E-state index is -1.55. The molecule has 502 valence electrons. The number of thioether (sulfide) groups is 1. The summed E-state index contributed by atoms with van der Waals surface area (Å²) < 4.78 is 0. The number of aromatic hydroxyl groups is 1. The molecule has 17 atom stereocenters. The van der Waals surface area contributed by atoms with Crippen molar-refractivity contribution in [3.8, 4) is 5.75 Å². The van der Waals surface area contributed by atoms with Crippen LogP contribution >= 0.6 is 60.6 Å². The van der Waals surface area contributed by atoms with Crippen molar-refractivity contribution in [3.63, 3.8) is 0 Å². The number of carbonyl (C=O) groups is 8. The number of nitrogens with zero attached hydrogens (tertiary/aromatic N) is 1. The number of phenolic OH excluding ortho intramolecular Hbond substituents is 1. The van der Waals surface area contributed by atoms with E-state index in [1.54, 1.807) is 77.9 Å². The van der Waals surface area contributed by atoms with Gasteiger partial charge in [0.05, 0.1) is 51.2 Å². The van der Waals surface area contributed by atoms with E-state index in [-0.39, 0.29) is 39.0 Å². The van der Waals surface area contributed by atoms with E-state index in [0.717, 1.165) is 16.7 Å². The molecule has 90 heavy (non-hydrogen) atoms. The maximum atomic E-state index is 14.5. The molecule has 0 bridgehead atoms. The fourth-order valence-corrected chi connectivity index (χ4v) is 11.7. The van der Waals surface area contributed by atoms with Gasteiger partial charge in [-0.3, -0.25) is 43.3 Å². The quantitative estimate of drug-likeness (QED) is 0.0590. The Balaban J connectivity index is 1.89. The van der Waals surface area contributed by atoms with Crippen LogP contribution in [0.1, 0.15) is 115 Å². The minimum Gasteiger partial charge on any atom is -0.508 e. The lowest BCUT2D eigenvalue weighted by Gasteiger charge is -2.32. The van der Waals surface area contributed by atoms with Crippen LogP contribution in [0.15, 0.2) is 47.8 Å². The first-order valence-electron chi connectivity index (χ1n) is 30.4. The van der Waals surface area contributed by atoms with Crippen molar-refractivity contribution in [1.82, 2.24) is 68.7 Å². The van der Waals surface area contributed by atoms with Crippen LogP contribution in [0, 0.1) is 23.7 Å². The fourth-order valence-electron chi connectivity index (χ4n) is 9.45. The van der Waals surface area contributed by atoms with Crippen molar-refractivity contribution >= 4 is 128 Å². The van der Waals surface area contributed by atoms with Crippen LogP contribution in [0.5, 0.6) is 5.75 Å². The van der Waals surface area contributed by atoms with Crippen molar-refractivity contribution in [2.75, 3.05) is 20.8 Å². The average molecular weight is 1350 g/mol. The Hall–Kier alpha value is -6.15. The Morgan fingerprint density at radius 1 is 0.667 bits per heavy atom. The molecule has 2 heterocycles. The number of aliphatic hydroxyl groups is 2. The van der Waals surface area contributed by atoms with Gasteiger partial charge in [-0.25, -0.2) is 0 Å². The Morgan fingerprint density at radius 3 is 1.80 bits per heavy atom. The second-order valence-electron chi connectivity index (χ2n) is 24.0. The number of nitrogens with one attached hydrogen (secondary N) is 13. The molecule has 2 aliphatic rings. The van der Waals surface area contributed by atoms with Gasteiger partial charge in [0.2, 0.25) is 47.3 Å². The number of amides is 8. The Bertz CT molecular complexity index is 2810. The van der Waals surface area contributed by atoms with Gasteiger partial charge in [0.1, 0.15) is 72.1 Å². The highest BCUT2D eigenvalue weighted by Gasteiger charge is 2.40. The zero-order valence-corrected chi connectivity index (χ0v) is 58.4. The van der Waals surface area contributed by atoms with Gasteiger partial charge >= 0.3 is 0 Å². The number of thiocarbonyl (C=S) groups is 4. The summed E-state index contributed by atoms with van der Waals surface area (Å²) in [6.07, 6.45) is 1.35. The molecule has 0 radical (unpaired) electrons. The van der Waals surface area contributed by atoms with Crippen LogP contribution in [-0.2, 0) is 44.8 Å². The number of benzene rings is 1. The normalized spacial score (nSPS) is 23.8. The van der Waals surface area contributed by atoms with Gasteiger partial charge in [-0.1, -0.05) is 142 Å². The zero-order valence-electron chi connectivity index (χ0n) is 54.4. The first-order chi connectivity index (χ1) is 42.0. The summed E-state index contributed by atoms with van der Waals surface area (Å²) in [5, 5.41) is 67.6. The summed E-state index contributed by atoms with van der Waals surface area (Å²) in [6.45, 7) is 24.3. The van der Waals surface area contributed by atoms with Gasteiger partial charge in [0, 0.05) is 24.9 Å². The van der Waals surface area contributed by atoms with E-state index in [0.29, 0.717) is 35.8 Å². The van der Waals surface area contributed by atoms with Gasteiger partial charge in [-0.05, 0) is 75.3 Å². The van der Waals surface area contributed by atoms with Crippen molar-refractivity contribution in [2.24, 2.45) is 23.7 Å². The van der Waals surface area contributed by atoms with E-state index in [4.69, 9.17) is 48.9 Å². The number of hydrogen-bond acceptors (Lipinski definition) is 17. The average Bonchev–Trinajstić information content (AvgIpc) is 1.65. The monoisotopic (exact) mass is 1350 g/mol. The summed E-state index contributed by atoms with van der Waals surface area (Å²) in [7, 11) is 3.59. The molecule has 1 aromatic carbocycles. The topological polar surface area (TPSA) is 349 Å². The molecule has 2 aliphatic heterocycles. The maximum absolute atomic E-state index is 14.5. The summed E-state index contributed by atoms with van der Waals surface area (Å²) in [5.41, 5.74) is 0.845. The van der Waals surface area contributed by atoms with Crippen molar-refractivity contribution in [3.05, 3.63) is 53.3 Å². The molecular weight excluding hydrogens is 1250 g/mol. The van der Waals surface area contributed by atoms with Crippen LogP contribution in [0.3, 0.4) is 0 Å². The molecule has 0 aliphatic carbocycles. The number of rotatable bonds is 24. The molecule has 0 aromatic heterocycles. The summed E-state index contributed by atoms with van der Waals surface area (Å²) >= 11 is 24.4. The zero-order chi connectivity index (χ0) is 68.2. The number of para-hydroxylation sites is 1. The third-order valence-corrected chi connectivity index (χ3v) is 18.3. The third kappa shape index (κ3) is 23.2. The van der Waals surface area contributed by atoms with Crippen LogP contribution in [0.25, 0.3) is 0 Å². The van der Waals surface area contributed by atoms with Crippen LogP contribution in [-0.4, -0.2) is 192 Å². The second-order valence-corrected chi connectivity index (χ2v) is 27.1. The van der Waals surface area contributed by atoms with Crippen molar-refractivity contribution < 1.29 is 58.6 Å². The lowest BCUT2D eigenvalue weighted by molar-refractivity contribution is -0.826. The highest BCUT2D eigenvalue weighted by atomic mass is 32.2. The third-order valence-electron chi connectivity index (χ3n) is 15.7. The predicted molar refractivity (Wildman–Crippen MR) is 364 cm³/mol. The SMILES string of the molecule is CCC(C)C1NC(=O)C(NC(=O)C(C)NC(=S)C(C)NC(=S)C(Cc2ccccc2O)NC(=O)C(C)NC(=S)C(NC(=S)C(NC(=O)C(C)O)C(C)C)C(C)CC)C(C)SC=CNC(=O)C(C(O)C2=C[NH+](C)CN2C)NC(=O)C(C(C)C)NC(=O)C(C)NC1=O. The van der Waals surface area contributed by atoms with E-state index >= 15 is 0 Å². The Morgan fingerprint density at radius 2 is 1.23 bits per heavy atom. The molecule has 0 spiro atoms. The number of likely N-dealkylation sites (N-methyl/N-ethyl adjacent to an activating group) is 1.